The number of nitrogens with zero attached hydrogens (tertiary/aromatic N) is 1. The van der Waals surface area contributed by atoms with E-state index in [2.05, 4.69) is 4.90 Å². The molecular formula is C10H18ClNO3. The maximum Gasteiger partial charge on any atom is 0.312 e. The van der Waals surface area contributed by atoms with Crippen molar-refractivity contribution in [2.75, 3.05) is 14.2 Å². The van der Waals surface area contributed by atoms with Crippen molar-refractivity contribution >= 4 is 18.4 Å². The number of fused-ring (bicyclic) bond motifs is 2. The molecule has 4 atom stereocenters. The highest BCUT2D eigenvalue weighted by Crippen LogP contribution is 2.38. The van der Waals surface area contributed by atoms with Gasteiger partial charge in [0.1, 0.15) is 0 Å². The second kappa shape index (κ2) is 4.68. The van der Waals surface area contributed by atoms with Crippen LogP contribution in [0, 0.1) is 5.92 Å². The minimum absolute atomic E-state index is 0. The largest absolute Gasteiger partial charge is 0.469 e. The lowest BCUT2D eigenvalue weighted by molar-refractivity contribution is -0.155. The number of hydrogen-bond acceptors (Lipinski definition) is 4. The van der Waals surface area contributed by atoms with Gasteiger partial charge in [0.05, 0.1) is 19.1 Å². The van der Waals surface area contributed by atoms with Crippen LogP contribution in [0.5, 0.6) is 0 Å². The molecule has 0 aromatic heterocycles. The Labute approximate surface area is 96.0 Å². The Hall–Kier alpha value is -0.320. The van der Waals surface area contributed by atoms with Crippen molar-refractivity contribution in [2.24, 2.45) is 5.92 Å². The molecular weight excluding hydrogens is 218 g/mol. The highest BCUT2D eigenvalue weighted by atomic mass is 35.5. The standard InChI is InChI=1S/C10H17NO3.ClH/c1-11-6-3-4-7(11)9(8(12)5-6)10(13)14-2;/h6-9,12H,3-5H2,1-2H3;1H/t6-,7+,8-,9+;/m0./s1. The Morgan fingerprint density at radius 1 is 1.47 bits per heavy atom. The van der Waals surface area contributed by atoms with Gasteiger partial charge >= 0.3 is 5.97 Å². The zero-order chi connectivity index (χ0) is 10.3. The van der Waals surface area contributed by atoms with Gasteiger partial charge < -0.3 is 9.84 Å². The SMILES string of the molecule is COC(=O)[C@@H]1[C@H]2CC[C@@H](C[C@@H]1O)N2C.Cl. The predicted molar refractivity (Wildman–Crippen MR) is 58.0 cm³/mol. The second-order valence-corrected chi connectivity index (χ2v) is 4.32. The third-order valence-electron chi connectivity index (χ3n) is 3.71. The van der Waals surface area contributed by atoms with E-state index in [4.69, 9.17) is 4.74 Å². The zero-order valence-electron chi connectivity index (χ0n) is 9.05. The van der Waals surface area contributed by atoms with E-state index in [0.717, 1.165) is 12.8 Å². The molecule has 2 bridgehead atoms. The maximum absolute atomic E-state index is 11.5. The van der Waals surface area contributed by atoms with E-state index in [9.17, 15) is 9.90 Å². The first-order valence-electron chi connectivity index (χ1n) is 5.13. The van der Waals surface area contributed by atoms with Crippen LogP contribution < -0.4 is 0 Å². The van der Waals surface area contributed by atoms with E-state index in [0.29, 0.717) is 12.5 Å². The number of hydrogen-bond donors (Lipinski definition) is 1. The Morgan fingerprint density at radius 2 is 2.13 bits per heavy atom. The molecule has 0 radical (unpaired) electrons. The Bertz CT molecular complexity index is 249. The smallest absolute Gasteiger partial charge is 0.312 e. The third-order valence-corrected chi connectivity index (χ3v) is 3.71. The van der Waals surface area contributed by atoms with E-state index in [1.807, 2.05) is 7.05 Å². The Balaban J connectivity index is 0.00000112. The molecule has 0 aromatic carbocycles. The van der Waals surface area contributed by atoms with Crippen LogP contribution in [0.4, 0.5) is 0 Å². The summed E-state index contributed by atoms with van der Waals surface area (Å²) in [4.78, 5) is 13.7. The first-order valence-corrected chi connectivity index (χ1v) is 5.13. The van der Waals surface area contributed by atoms with Crippen molar-refractivity contribution in [3.63, 3.8) is 0 Å². The number of ether oxygens (including phenoxy) is 1. The van der Waals surface area contributed by atoms with Crippen molar-refractivity contribution in [2.45, 2.75) is 37.5 Å². The topological polar surface area (TPSA) is 49.8 Å². The van der Waals surface area contributed by atoms with Crippen LogP contribution in [0.25, 0.3) is 0 Å². The molecule has 2 fully saturated rings. The number of esters is 1. The lowest BCUT2D eigenvalue weighted by Crippen LogP contribution is -2.52. The summed E-state index contributed by atoms with van der Waals surface area (Å²) < 4.78 is 4.73. The van der Waals surface area contributed by atoms with E-state index >= 15 is 0 Å². The van der Waals surface area contributed by atoms with Gasteiger partial charge in [0.15, 0.2) is 0 Å². The minimum atomic E-state index is -0.517. The predicted octanol–water partition coefficient (Wildman–Crippen LogP) is 0.425. The number of carbonyl (C=O) groups is 1. The molecule has 0 aromatic rings. The monoisotopic (exact) mass is 235 g/mol. The highest BCUT2D eigenvalue weighted by molar-refractivity contribution is 5.85. The molecule has 0 spiro atoms. The van der Waals surface area contributed by atoms with Gasteiger partial charge in [-0.15, -0.1) is 12.4 Å². The molecule has 0 aliphatic carbocycles. The van der Waals surface area contributed by atoms with E-state index in [-0.39, 0.29) is 30.3 Å². The summed E-state index contributed by atoms with van der Waals surface area (Å²) in [6.07, 6.45) is 2.27. The number of aliphatic hydroxyl groups is 1. The summed E-state index contributed by atoms with van der Waals surface area (Å²) in [6.45, 7) is 0. The number of rotatable bonds is 1. The van der Waals surface area contributed by atoms with Crippen LogP contribution in [0.15, 0.2) is 0 Å². The molecule has 4 nitrogen and oxygen atoms in total. The molecule has 0 unspecified atom stereocenters. The van der Waals surface area contributed by atoms with Crippen molar-refractivity contribution in [1.82, 2.24) is 4.90 Å². The molecule has 2 rings (SSSR count). The number of carbonyl (C=O) groups excluding carboxylic acids is 1. The molecule has 88 valence electrons. The van der Waals surface area contributed by atoms with Gasteiger partial charge in [-0.05, 0) is 26.3 Å². The van der Waals surface area contributed by atoms with Crippen LogP contribution >= 0.6 is 12.4 Å². The quantitative estimate of drug-likeness (QED) is 0.670. The van der Waals surface area contributed by atoms with Gasteiger partial charge in [0, 0.05) is 12.1 Å². The lowest BCUT2D eigenvalue weighted by atomic mass is 9.88. The normalized spacial score (nSPS) is 39.7. The summed E-state index contributed by atoms with van der Waals surface area (Å²) in [5.41, 5.74) is 0. The maximum atomic E-state index is 11.5. The molecule has 1 N–H and O–H groups in total. The van der Waals surface area contributed by atoms with Crippen molar-refractivity contribution in [1.29, 1.82) is 0 Å². The Morgan fingerprint density at radius 3 is 2.73 bits per heavy atom. The first kappa shape index (κ1) is 12.7. The molecule has 2 aliphatic rings. The van der Waals surface area contributed by atoms with Gasteiger partial charge in [-0.2, -0.15) is 0 Å². The van der Waals surface area contributed by atoms with Crippen LogP contribution in [-0.2, 0) is 9.53 Å². The van der Waals surface area contributed by atoms with Crippen molar-refractivity contribution in [3.8, 4) is 0 Å². The van der Waals surface area contributed by atoms with Gasteiger partial charge in [-0.25, -0.2) is 0 Å². The van der Waals surface area contributed by atoms with Gasteiger partial charge in [-0.3, -0.25) is 9.69 Å². The fraction of sp³-hybridized carbons (Fsp3) is 0.900. The number of piperidine rings is 1. The highest BCUT2D eigenvalue weighted by Gasteiger charge is 2.48. The van der Waals surface area contributed by atoms with E-state index in [1.54, 1.807) is 0 Å². The Kier molecular flexibility index (Phi) is 3.98. The lowest BCUT2D eigenvalue weighted by Gasteiger charge is -2.39. The van der Waals surface area contributed by atoms with Crippen molar-refractivity contribution in [3.05, 3.63) is 0 Å². The molecule has 2 saturated heterocycles. The zero-order valence-corrected chi connectivity index (χ0v) is 9.87. The molecule has 2 aliphatic heterocycles. The number of aliphatic hydroxyl groups excluding tert-OH is 1. The van der Waals surface area contributed by atoms with Crippen LogP contribution in [0.2, 0.25) is 0 Å². The van der Waals surface area contributed by atoms with Gasteiger partial charge in [0.25, 0.3) is 0 Å². The van der Waals surface area contributed by atoms with Gasteiger partial charge in [-0.1, -0.05) is 0 Å². The summed E-state index contributed by atoms with van der Waals surface area (Å²) in [7, 11) is 3.42. The summed E-state index contributed by atoms with van der Waals surface area (Å²) in [6, 6.07) is 0.632. The van der Waals surface area contributed by atoms with E-state index in [1.165, 1.54) is 7.11 Å². The van der Waals surface area contributed by atoms with Gasteiger partial charge in [0.2, 0.25) is 0 Å². The molecule has 5 heteroatoms. The molecule has 15 heavy (non-hydrogen) atoms. The molecule has 0 amide bonds. The van der Waals surface area contributed by atoms with Crippen molar-refractivity contribution < 1.29 is 14.6 Å². The fourth-order valence-corrected chi connectivity index (χ4v) is 2.89. The minimum Gasteiger partial charge on any atom is -0.469 e. The van der Waals surface area contributed by atoms with Crippen LogP contribution in [0.3, 0.4) is 0 Å². The average molecular weight is 236 g/mol. The third kappa shape index (κ3) is 1.98. The first-order chi connectivity index (χ1) is 6.65. The summed E-state index contributed by atoms with van der Waals surface area (Å²) in [5, 5.41) is 9.84. The average Bonchev–Trinajstić information content (AvgIpc) is 2.42. The summed E-state index contributed by atoms with van der Waals surface area (Å²) >= 11 is 0. The molecule has 2 heterocycles. The summed E-state index contributed by atoms with van der Waals surface area (Å²) in [5.74, 6) is -0.613. The van der Waals surface area contributed by atoms with E-state index < -0.39 is 6.10 Å². The second-order valence-electron chi connectivity index (χ2n) is 4.32. The van der Waals surface area contributed by atoms with Crippen LogP contribution in [0.1, 0.15) is 19.3 Å². The molecule has 0 saturated carbocycles. The van der Waals surface area contributed by atoms with Crippen LogP contribution in [-0.4, -0.2) is 48.3 Å². The number of halogens is 1. The number of methoxy groups -OCH3 is 1. The fourth-order valence-electron chi connectivity index (χ4n) is 2.89.